The first-order chi connectivity index (χ1) is 13.7. The molecule has 3 aromatic heterocycles. The van der Waals surface area contributed by atoms with E-state index in [1.165, 1.54) is 35.9 Å². The van der Waals surface area contributed by atoms with Crippen LogP contribution < -0.4 is 5.32 Å². The number of carbonyl (C=O) groups is 1. The number of rotatable bonds is 6. The Morgan fingerprint density at radius 2 is 2.07 bits per heavy atom. The van der Waals surface area contributed by atoms with E-state index in [-0.39, 0.29) is 5.91 Å². The Bertz CT molecular complexity index is 916. The Kier molecular flexibility index (Phi) is 6.39. The first-order valence-corrected chi connectivity index (χ1v) is 12.1. The predicted molar refractivity (Wildman–Crippen MR) is 117 cm³/mol. The normalized spacial score (nSPS) is 14.9. The van der Waals surface area contributed by atoms with E-state index in [4.69, 9.17) is 0 Å². The van der Waals surface area contributed by atoms with Gasteiger partial charge in [0.05, 0.1) is 21.2 Å². The molecule has 0 spiro atoms. The van der Waals surface area contributed by atoms with Crippen molar-refractivity contribution in [3.8, 4) is 20.5 Å². The SMILES string of the molecule is Cc1nc(-c2cccs2)sc1-c1ccc(SCC(=O)NC2CCCCC2)nn1. The molecule has 8 heteroatoms. The first-order valence-electron chi connectivity index (χ1n) is 9.46. The molecule has 3 aromatic rings. The smallest absolute Gasteiger partial charge is 0.230 e. The molecule has 0 bridgehead atoms. The molecular weight excluding hydrogens is 408 g/mol. The van der Waals surface area contributed by atoms with Crippen LogP contribution in [0.3, 0.4) is 0 Å². The Morgan fingerprint density at radius 1 is 1.21 bits per heavy atom. The lowest BCUT2D eigenvalue weighted by molar-refractivity contribution is -0.119. The molecule has 1 aliphatic carbocycles. The number of thiophene rings is 1. The standard InChI is InChI=1S/C20H22N4OS3/c1-13-19(28-20(21-13)16-8-5-11-26-16)15-9-10-18(24-23-15)27-12-17(25)22-14-6-3-2-4-7-14/h5,8-11,14H,2-4,6-7,12H2,1H3,(H,22,25). The zero-order valence-corrected chi connectivity index (χ0v) is 18.1. The second kappa shape index (κ2) is 9.15. The summed E-state index contributed by atoms with van der Waals surface area (Å²) in [6.07, 6.45) is 5.93. The number of aromatic nitrogens is 3. The van der Waals surface area contributed by atoms with Gasteiger partial charge in [0, 0.05) is 6.04 Å². The molecule has 0 radical (unpaired) electrons. The average Bonchev–Trinajstić information content (AvgIpc) is 3.37. The van der Waals surface area contributed by atoms with E-state index in [0.29, 0.717) is 11.8 Å². The summed E-state index contributed by atoms with van der Waals surface area (Å²) < 4.78 is 0. The molecule has 3 heterocycles. The molecule has 4 rings (SSSR count). The number of thiazole rings is 1. The van der Waals surface area contributed by atoms with E-state index in [1.807, 2.05) is 25.1 Å². The number of nitrogens with one attached hydrogen (secondary N) is 1. The molecule has 0 aromatic carbocycles. The summed E-state index contributed by atoms with van der Waals surface area (Å²) in [5, 5.41) is 15.6. The lowest BCUT2D eigenvalue weighted by atomic mass is 9.95. The van der Waals surface area contributed by atoms with Crippen molar-refractivity contribution in [3.63, 3.8) is 0 Å². The highest BCUT2D eigenvalue weighted by Gasteiger charge is 2.16. The van der Waals surface area contributed by atoms with E-state index in [9.17, 15) is 4.79 Å². The van der Waals surface area contributed by atoms with Gasteiger partial charge < -0.3 is 5.32 Å². The van der Waals surface area contributed by atoms with E-state index in [1.54, 1.807) is 22.7 Å². The number of aryl methyl sites for hydroxylation is 1. The van der Waals surface area contributed by atoms with Crippen LogP contribution in [0.2, 0.25) is 0 Å². The van der Waals surface area contributed by atoms with Gasteiger partial charge in [0.2, 0.25) is 5.91 Å². The van der Waals surface area contributed by atoms with Crippen LogP contribution >= 0.6 is 34.4 Å². The van der Waals surface area contributed by atoms with E-state index >= 15 is 0 Å². The van der Waals surface area contributed by atoms with Gasteiger partial charge >= 0.3 is 0 Å². The molecule has 1 saturated carbocycles. The molecule has 0 atom stereocenters. The van der Waals surface area contributed by atoms with Gasteiger partial charge in [0.15, 0.2) is 0 Å². The Morgan fingerprint density at radius 3 is 2.79 bits per heavy atom. The lowest BCUT2D eigenvalue weighted by Gasteiger charge is -2.22. The Hall–Kier alpha value is -1.77. The number of hydrogen-bond donors (Lipinski definition) is 1. The van der Waals surface area contributed by atoms with Crippen molar-refractivity contribution in [1.82, 2.24) is 20.5 Å². The van der Waals surface area contributed by atoms with Gasteiger partial charge in [0.25, 0.3) is 0 Å². The maximum atomic E-state index is 12.1. The number of hydrogen-bond acceptors (Lipinski definition) is 7. The van der Waals surface area contributed by atoms with Crippen molar-refractivity contribution in [2.75, 3.05) is 5.75 Å². The minimum Gasteiger partial charge on any atom is -0.353 e. The maximum Gasteiger partial charge on any atom is 0.230 e. The molecule has 1 fully saturated rings. The molecule has 0 aliphatic heterocycles. The lowest BCUT2D eigenvalue weighted by Crippen LogP contribution is -2.37. The van der Waals surface area contributed by atoms with Gasteiger partial charge in [0.1, 0.15) is 15.7 Å². The zero-order valence-electron chi connectivity index (χ0n) is 15.7. The molecular formula is C20H22N4OS3. The van der Waals surface area contributed by atoms with Crippen LogP contribution in [0.1, 0.15) is 37.8 Å². The fraction of sp³-hybridized carbons (Fsp3) is 0.400. The molecule has 0 unspecified atom stereocenters. The van der Waals surface area contributed by atoms with E-state index in [0.717, 1.165) is 39.1 Å². The second-order valence-corrected chi connectivity index (χ2v) is 9.80. The Labute approximate surface area is 177 Å². The summed E-state index contributed by atoms with van der Waals surface area (Å²) in [5.41, 5.74) is 1.80. The van der Waals surface area contributed by atoms with Gasteiger partial charge in [-0.25, -0.2) is 4.98 Å². The predicted octanol–water partition coefficient (Wildman–Crippen LogP) is 5.18. The molecule has 146 valence electrons. The van der Waals surface area contributed by atoms with Crippen LogP contribution in [0.5, 0.6) is 0 Å². The maximum absolute atomic E-state index is 12.1. The third-order valence-corrected chi connectivity index (χ3v) is 7.86. The number of carbonyl (C=O) groups excluding carboxylic acids is 1. The molecule has 1 amide bonds. The van der Waals surface area contributed by atoms with Crippen molar-refractivity contribution in [3.05, 3.63) is 35.3 Å². The van der Waals surface area contributed by atoms with Crippen LogP contribution in [-0.4, -0.2) is 32.9 Å². The molecule has 1 aliphatic rings. The van der Waals surface area contributed by atoms with Gasteiger partial charge in [-0.05, 0) is 43.3 Å². The number of thioether (sulfide) groups is 1. The third kappa shape index (κ3) is 4.79. The van der Waals surface area contributed by atoms with Crippen molar-refractivity contribution in [1.29, 1.82) is 0 Å². The van der Waals surface area contributed by atoms with E-state index < -0.39 is 0 Å². The molecule has 1 N–H and O–H groups in total. The van der Waals surface area contributed by atoms with Gasteiger partial charge in [-0.1, -0.05) is 37.1 Å². The average molecular weight is 431 g/mol. The summed E-state index contributed by atoms with van der Waals surface area (Å²) in [7, 11) is 0. The summed E-state index contributed by atoms with van der Waals surface area (Å²) >= 11 is 4.76. The van der Waals surface area contributed by atoms with Crippen LogP contribution in [-0.2, 0) is 4.79 Å². The largest absolute Gasteiger partial charge is 0.353 e. The third-order valence-electron chi connectivity index (χ3n) is 4.72. The highest BCUT2D eigenvalue weighted by Crippen LogP contribution is 2.36. The van der Waals surface area contributed by atoms with Gasteiger partial charge in [-0.3, -0.25) is 4.79 Å². The van der Waals surface area contributed by atoms with Gasteiger partial charge in [-0.15, -0.1) is 32.9 Å². The van der Waals surface area contributed by atoms with Crippen LogP contribution in [0.4, 0.5) is 0 Å². The van der Waals surface area contributed by atoms with Crippen molar-refractivity contribution in [2.45, 2.75) is 50.1 Å². The highest BCUT2D eigenvalue weighted by atomic mass is 32.2. The highest BCUT2D eigenvalue weighted by molar-refractivity contribution is 7.99. The van der Waals surface area contributed by atoms with Crippen LogP contribution in [0.25, 0.3) is 20.5 Å². The summed E-state index contributed by atoms with van der Waals surface area (Å²) in [6, 6.07) is 8.36. The monoisotopic (exact) mass is 430 g/mol. The molecule has 5 nitrogen and oxygen atoms in total. The van der Waals surface area contributed by atoms with Crippen LogP contribution in [0.15, 0.2) is 34.7 Å². The molecule has 0 saturated heterocycles. The number of amides is 1. The summed E-state index contributed by atoms with van der Waals surface area (Å²) in [4.78, 5) is 19.0. The minimum atomic E-state index is 0.0849. The van der Waals surface area contributed by atoms with Crippen molar-refractivity contribution in [2.24, 2.45) is 0 Å². The van der Waals surface area contributed by atoms with Crippen molar-refractivity contribution < 1.29 is 4.79 Å². The van der Waals surface area contributed by atoms with E-state index in [2.05, 4.69) is 31.9 Å². The summed E-state index contributed by atoms with van der Waals surface area (Å²) in [5.74, 6) is 0.466. The van der Waals surface area contributed by atoms with Gasteiger partial charge in [-0.2, -0.15) is 0 Å². The zero-order chi connectivity index (χ0) is 19.3. The fourth-order valence-corrected chi connectivity index (χ4v) is 5.77. The minimum absolute atomic E-state index is 0.0849. The Balaban J connectivity index is 1.35. The van der Waals surface area contributed by atoms with Crippen LogP contribution in [0, 0.1) is 6.92 Å². The first kappa shape index (κ1) is 19.5. The number of nitrogens with zero attached hydrogens (tertiary/aromatic N) is 3. The molecule has 28 heavy (non-hydrogen) atoms. The fourth-order valence-electron chi connectivity index (χ4n) is 3.31. The second-order valence-electron chi connectivity index (χ2n) is 6.86. The topological polar surface area (TPSA) is 67.8 Å². The summed E-state index contributed by atoms with van der Waals surface area (Å²) in [6.45, 7) is 2.00. The quantitative estimate of drug-likeness (QED) is 0.546. The van der Waals surface area contributed by atoms with Crippen molar-refractivity contribution >= 4 is 40.3 Å².